The number of nitrogens with zero attached hydrogens (tertiary/aromatic N) is 2. The van der Waals surface area contributed by atoms with Crippen molar-refractivity contribution in [2.75, 3.05) is 19.6 Å². The van der Waals surface area contributed by atoms with E-state index in [-0.39, 0.29) is 0 Å². The van der Waals surface area contributed by atoms with Gasteiger partial charge in [-0.1, -0.05) is 0 Å². The molecule has 3 unspecified atom stereocenters. The fourth-order valence-electron chi connectivity index (χ4n) is 2.65. The zero-order valence-electron chi connectivity index (χ0n) is 12.4. The molecule has 0 saturated carbocycles. The minimum atomic E-state index is -0.432. The Morgan fingerprint density at radius 1 is 1.39 bits per heavy atom. The molecule has 0 amide bonds. The molecular formula is C14H27N3O. The predicted octanol–water partition coefficient (Wildman–Crippen LogP) is 1.77. The molecule has 0 bridgehead atoms. The van der Waals surface area contributed by atoms with Gasteiger partial charge >= 0.3 is 0 Å². The monoisotopic (exact) mass is 253 g/mol. The molecule has 4 heteroatoms. The van der Waals surface area contributed by atoms with Crippen LogP contribution in [0, 0.1) is 11.3 Å². The van der Waals surface area contributed by atoms with E-state index >= 15 is 0 Å². The van der Waals surface area contributed by atoms with Gasteiger partial charge in [-0.25, -0.2) is 0 Å². The molecule has 104 valence electrons. The lowest BCUT2D eigenvalue weighted by atomic mass is 9.98. The van der Waals surface area contributed by atoms with Crippen molar-refractivity contribution in [1.82, 2.24) is 10.2 Å². The molecule has 1 fully saturated rings. The maximum absolute atomic E-state index is 9.31. The summed E-state index contributed by atoms with van der Waals surface area (Å²) in [7, 11) is 0. The van der Waals surface area contributed by atoms with Gasteiger partial charge < -0.3 is 4.74 Å². The summed E-state index contributed by atoms with van der Waals surface area (Å²) in [5.41, 5.74) is -0.432. The van der Waals surface area contributed by atoms with Crippen molar-refractivity contribution < 1.29 is 4.74 Å². The molecule has 1 rings (SSSR count). The summed E-state index contributed by atoms with van der Waals surface area (Å²) >= 11 is 0. The smallest absolute Gasteiger partial charge is 0.105 e. The molecule has 0 aromatic heterocycles. The molecule has 1 aliphatic heterocycles. The van der Waals surface area contributed by atoms with E-state index in [1.165, 1.54) is 0 Å². The van der Waals surface area contributed by atoms with Crippen LogP contribution < -0.4 is 5.32 Å². The van der Waals surface area contributed by atoms with Gasteiger partial charge in [-0.2, -0.15) is 5.26 Å². The van der Waals surface area contributed by atoms with Gasteiger partial charge in [0.25, 0.3) is 0 Å². The first kappa shape index (κ1) is 15.4. The first-order valence-corrected chi connectivity index (χ1v) is 6.91. The third-order valence-corrected chi connectivity index (χ3v) is 3.28. The zero-order chi connectivity index (χ0) is 13.8. The molecule has 1 N–H and O–H groups in total. The van der Waals surface area contributed by atoms with Crippen LogP contribution in [-0.2, 0) is 4.74 Å². The van der Waals surface area contributed by atoms with Crippen LogP contribution in [0.1, 0.15) is 41.0 Å². The Balaban J connectivity index is 2.45. The minimum Gasteiger partial charge on any atom is -0.373 e. The number of nitrogens with one attached hydrogen (secondary N) is 1. The molecule has 1 saturated heterocycles. The van der Waals surface area contributed by atoms with Gasteiger partial charge in [0.05, 0.1) is 18.3 Å². The van der Waals surface area contributed by atoms with Crippen LogP contribution in [0.3, 0.4) is 0 Å². The van der Waals surface area contributed by atoms with E-state index in [0.717, 1.165) is 26.1 Å². The van der Waals surface area contributed by atoms with Crippen LogP contribution >= 0.6 is 0 Å². The standard InChI is InChI=1S/C14H27N3O/c1-11(2)16-14(5,10-15)6-7-17-8-12(3)18-13(4)9-17/h11-13,16H,6-9H2,1-5H3. The Kier molecular flexibility index (Phi) is 5.58. The molecule has 0 radical (unpaired) electrons. The van der Waals surface area contributed by atoms with E-state index in [1.807, 2.05) is 6.92 Å². The third-order valence-electron chi connectivity index (χ3n) is 3.28. The summed E-state index contributed by atoms with van der Waals surface area (Å²) < 4.78 is 5.72. The first-order valence-electron chi connectivity index (χ1n) is 6.91. The molecule has 1 heterocycles. The highest BCUT2D eigenvalue weighted by Crippen LogP contribution is 2.15. The van der Waals surface area contributed by atoms with Gasteiger partial charge in [-0.15, -0.1) is 0 Å². The van der Waals surface area contributed by atoms with Crippen LogP contribution in [0.15, 0.2) is 0 Å². The summed E-state index contributed by atoms with van der Waals surface area (Å²) in [6, 6.07) is 2.73. The second kappa shape index (κ2) is 6.51. The number of hydrogen-bond acceptors (Lipinski definition) is 4. The van der Waals surface area contributed by atoms with Gasteiger partial charge in [-0.3, -0.25) is 10.2 Å². The topological polar surface area (TPSA) is 48.3 Å². The number of rotatable bonds is 5. The predicted molar refractivity (Wildman–Crippen MR) is 73.4 cm³/mol. The van der Waals surface area contributed by atoms with Crippen LogP contribution in [0.2, 0.25) is 0 Å². The summed E-state index contributed by atoms with van der Waals surface area (Å²) in [5, 5.41) is 12.7. The van der Waals surface area contributed by atoms with E-state index in [4.69, 9.17) is 4.74 Å². The molecule has 0 aliphatic carbocycles. The Morgan fingerprint density at radius 3 is 2.39 bits per heavy atom. The lowest BCUT2D eigenvalue weighted by Crippen LogP contribution is -2.50. The van der Waals surface area contributed by atoms with Gasteiger partial charge in [0.15, 0.2) is 0 Å². The summed E-state index contributed by atoms with van der Waals surface area (Å²) in [6.45, 7) is 13.2. The quantitative estimate of drug-likeness (QED) is 0.811. The average Bonchev–Trinajstić information content (AvgIpc) is 2.24. The summed E-state index contributed by atoms with van der Waals surface area (Å²) in [6.07, 6.45) is 1.43. The van der Waals surface area contributed by atoms with E-state index in [0.29, 0.717) is 18.2 Å². The van der Waals surface area contributed by atoms with Crippen LogP contribution in [0.25, 0.3) is 0 Å². The first-order chi connectivity index (χ1) is 8.34. The molecule has 0 aromatic rings. The second-order valence-corrected chi connectivity index (χ2v) is 6.01. The molecule has 0 aromatic carbocycles. The van der Waals surface area contributed by atoms with Crippen molar-refractivity contribution in [3.05, 3.63) is 0 Å². The van der Waals surface area contributed by atoms with E-state index < -0.39 is 5.54 Å². The Hall–Kier alpha value is -0.630. The number of morpholine rings is 1. The normalized spacial score (nSPS) is 28.9. The van der Waals surface area contributed by atoms with Crippen molar-refractivity contribution in [2.45, 2.75) is 64.8 Å². The Labute approximate surface area is 111 Å². The number of nitriles is 1. The van der Waals surface area contributed by atoms with E-state index in [9.17, 15) is 5.26 Å². The highest BCUT2D eigenvalue weighted by molar-refractivity contribution is 5.04. The summed E-state index contributed by atoms with van der Waals surface area (Å²) in [4.78, 5) is 2.40. The maximum atomic E-state index is 9.31. The fourth-order valence-corrected chi connectivity index (χ4v) is 2.65. The second-order valence-electron chi connectivity index (χ2n) is 6.01. The molecule has 4 nitrogen and oxygen atoms in total. The SMILES string of the molecule is CC(C)NC(C)(C#N)CCN1CC(C)OC(C)C1. The fraction of sp³-hybridized carbons (Fsp3) is 0.929. The maximum Gasteiger partial charge on any atom is 0.105 e. The van der Waals surface area contributed by atoms with Crippen molar-refractivity contribution in [3.63, 3.8) is 0 Å². The Morgan fingerprint density at radius 2 is 1.94 bits per heavy atom. The summed E-state index contributed by atoms with van der Waals surface area (Å²) in [5.74, 6) is 0. The van der Waals surface area contributed by atoms with Gasteiger partial charge in [0.1, 0.15) is 5.54 Å². The Bertz CT molecular complexity index is 290. The van der Waals surface area contributed by atoms with Crippen molar-refractivity contribution in [1.29, 1.82) is 5.26 Å². The van der Waals surface area contributed by atoms with E-state index in [1.54, 1.807) is 0 Å². The van der Waals surface area contributed by atoms with Crippen LogP contribution in [-0.4, -0.2) is 48.3 Å². The molecule has 1 aliphatic rings. The minimum absolute atomic E-state index is 0.292. The molecule has 0 spiro atoms. The largest absolute Gasteiger partial charge is 0.373 e. The highest BCUT2D eigenvalue weighted by Gasteiger charge is 2.27. The van der Waals surface area contributed by atoms with Crippen molar-refractivity contribution in [3.8, 4) is 6.07 Å². The van der Waals surface area contributed by atoms with E-state index in [2.05, 4.69) is 44.0 Å². The van der Waals surface area contributed by atoms with Gasteiger partial charge in [-0.05, 0) is 41.0 Å². The number of hydrogen-bond donors (Lipinski definition) is 1. The van der Waals surface area contributed by atoms with Crippen LogP contribution in [0.4, 0.5) is 0 Å². The van der Waals surface area contributed by atoms with Gasteiger partial charge in [0, 0.05) is 25.7 Å². The highest BCUT2D eigenvalue weighted by atomic mass is 16.5. The van der Waals surface area contributed by atoms with Crippen molar-refractivity contribution in [2.24, 2.45) is 0 Å². The third kappa shape index (κ3) is 4.93. The van der Waals surface area contributed by atoms with Crippen molar-refractivity contribution >= 4 is 0 Å². The lowest BCUT2D eigenvalue weighted by molar-refractivity contribution is -0.0690. The van der Waals surface area contributed by atoms with Gasteiger partial charge in [0.2, 0.25) is 0 Å². The molecular weight excluding hydrogens is 226 g/mol. The zero-order valence-corrected chi connectivity index (χ0v) is 12.4. The molecule has 3 atom stereocenters. The van der Waals surface area contributed by atoms with Crippen LogP contribution in [0.5, 0.6) is 0 Å². The average molecular weight is 253 g/mol. The lowest BCUT2D eigenvalue weighted by Gasteiger charge is -2.37. The number of ether oxygens (including phenoxy) is 1. The molecule has 18 heavy (non-hydrogen) atoms.